The van der Waals surface area contributed by atoms with Crippen molar-refractivity contribution >= 4 is 11.6 Å². The molecular weight excluding hydrogens is 226 g/mol. The summed E-state index contributed by atoms with van der Waals surface area (Å²) in [4.78, 5) is 18.2. The van der Waals surface area contributed by atoms with E-state index in [1.807, 2.05) is 11.9 Å². The standard InChI is InChI=1S/C14H21N3O/c1-10-3-6-12(7-4-10)17(2)14(18)13-8-5-11(15)9-16-13/h5,8-10,12H,3-4,6-7,15H2,1-2H3. The van der Waals surface area contributed by atoms with E-state index in [-0.39, 0.29) is 5.91 Å². The van der Waals surface area contributed by atoms with Crippen LogP contribution in [0.5, 0.6) is 0 Å². The van der Waals surface area contributed by atoms with E-state index >= 15 is 0 Å². The zero-order valence-corrected chi connectivity index (χ0v) is 11.1. The van der Waals surface area contributed by atoms with E-state index in [0.29, 0.717) is 17.4 Å². The van der Waals surface area contributed by atoms with Crippen molar-refractivity contribution in [3.63, 3.8) is 0 Å². The fourth-order valence-corrected chi connectivity index (χ4v) is 2.51. The third-order valence-electron chi connectivity index (χ3n) is 3.86. The highest BCUT2D eigenvalue weighted by atomic mass is 16.2. The Morgan fingerprint density at radius 2 is 2.00 bits per heavy atom. The zero-order valence-electron chi connectivity index (χ0n) is 11.1. The van der Waals surface area contributed by atoms with Crippen molar-refractivity contribution in [3.8, 4) is 0 Å². The molecule has 1 amide bonds. The Morgan fingerprint density at radius 3 is 2.56 bits per heavy atom. The van der Waals surface area contributed by atoms with Crippen LogP contribution >= 0.6 is 0 Å². The van der Waals surface area contributed by atoms with Gasteiger partial charge in [-0.1, -0.05) is 6.92 Å². The highest BCUT2D eigenvalue weighted by molar-refractivity contribution is 5.92. The Labute approximate surface area is 108 Å². The second-order valence-corrected chi connectivity index (χ2v) is 5.31. The summed E-state index contributed by atoms with van der Waals surface area (Å²) >= 11 is 0. The Balaban J connectivity index is 2.02. The van der Waals surface area contributed by atoms with Crippen molar-refractivity contribution in [2.24, 2.45) is 5.92 Å². The van der Waals surface area contributed by atoms with Crippen molar-refractivity contribution in [2.75, 3.05) is 12.8 Å². The summed E-state index contributed by atoms with van der Waals surface area (Å²) in [6.45, 7) is 2.28. The molecule has 0 aliphatic heterocycles. The average molecular weight is 247 g/mol. The van der Waals surface area contributed by atoms with Gasteiger partial charge in [0.2, 0.25) is 0 Å². The lowest BCUT2D eigenvalue weighted by molar-refractivity contribution is 0.0673. The molecule has 4 heteroatoms. The molecule has 2 rings (SSSR count). The van der Waals surface area contributed by atoms with Gasteiger partial charge in [0.25, 0.3) is 5.91 Å². The van der Waals surface area contributed by atoms with Gasteiger partial charge in [-0.2, -0.15) is 0 Å². The van der Waals surface area contributed by atoms with Crippen LogP contribution in [0.15, 0.2) is 18.3 Å². The van der Waals surface area contributed by atoms with Crippen LogP contribution in [0.4, 0.5) is 5.69 Å². The van der Waals surface area contributed by atoms with Crippen LogP contribution in [0.3, 0.4) is 0 Å². The highest BCUT2D eigenvalue weighted by Gasteiger charge is 2.25. The van der Waals surface area contributed by atoms with Gasteiger partial charge in [0, 0.05) is 13.1 Å². The van der Waals surface area contributed by atoms with E-state index in [0.717, 1.165) is 18.8 Å². The lowest BCUT2D eigenvalue weighted by Crippen LogP contribution is -2.39. The zero-order chi connectivity index (χ0) is 13.1. The molecule has 0 atom stereocenters. The van der Waals surface area contributed by atoms with Gasteiger partial charge in [0.1, 0.15) is 5.69 Å². The summed E-state index contributed by atoms with van der Waals surface area (Å²) in [5, 5.41) is 0. The molecule has 1 aromatic rings. The number of amides is 1. The second-order valence-electron chi connectivity index (χ2n) is 5.31. The number of anilines is 1. The number of carbonyl (C=O) groups is 1. The number of nitrogens with zero attached hydrogens (tertiary/aromatic N) is 2. The van der Waals surface area contributed by atoms with E-state index in [2.05, 4.69) is 11.9 Å². The minimum absolute atomic E-state index is 0.00504. The Bertz CT molecular complexity index is 408. The van der Waals surface area contributed by atoms with E-state index in [9.17, 15) is 4.79 Å². The van der Waals surface area contributed by atoms with Crippen LogP contribution in [0.25, 0.3) is 0 Å². The predicted molar refractivity (Wildman–Crippen MR) is 72.2 cm³/mol. The molecule has 0 spiro atoms. The summed E-state index contributed by atoms with van der Waals surface area (Å²) in [5.74, 6) is 0.786. The molecule has 98 valence electrons. The maximum absolute atomic E-state index is 12.3. The summed E-state index contributed by atoms with van der Waals surface area (Å²) < 4.78 is 0. The topological polar surface area (TPSA) is 59.2 Å². The number of carbonyl (C=O) groups excluding carboxylic acids is 1. The molecule has 1 aliphatic carbocycles. The van der Waals surface area contributed by atoms with Gasteiger partial charge in [0.05, 0.1) is 11.9 Å². The molecule has 2 N–H and O–H groups in total. The molecule has 4 nitrogen and oxygen atoms in total. The fraction of sp³-hybridized carbons (Fsp3) is 0.571. The first-order valence-electron chi connectivity index (χ1n) is 6.56. The third kappa shape index (κ3) is 2.81. The maximum atomic E-state index is 12.3. The monoisotopic (exact) mass is 247 g/mol. The molecule has 0 bridgehead atoms. The first kappa shape index (κ1) is 12.9. The highest BCUT2D eigenvalue weighted by Crippen LogP contribution is 2.27. The Morgan fingerprint density at radius 1 is 1.33 bits per heavy atom. The van der Waals surface area contributed by atoms with Gasteiger partial charge < -0.3 is 10.6 Å². The summed E-state index contributed by atoms with van der Waals surface area (Å²) in [6, 6.07) is 3.77. The SMILES string of the molecule is CC1CCC(N(C)C(=O)c2ccc(N)cn2)CC1. The summed E-state index contributed by atoms with van der Waals surface area (Å²) in [6.07, 6.45) is 6.13. The second kappa shape index (κ2) is 5.38. The first-order valence-corrected chi connectivity index (χ1v) is 6.56. The fourth-order valence-electron chi connectivity index (χ4n) is 2.51. The van der Waals surface area contributed by atoms with Crippen LogP contribution in [-0.2, 0) is 0 Å². The summed E-state index contributed by atoms with van der Waals surface area (Å²) in [5.41, 5.74) is 6.63. The number of rotatable bonds is 2. The molecule has 0 unspecified atom stereocenters. The normalized spacial score (nSPS) is 23.7. The molecule has 0 radical (unpaired) electrons. The van der Waals surface area contributed by atoms with Crippen LogP contribution in [0, 0.1) is 5.92 Å². The van der Waals surface area contributed by atoms with Gasteiger partial charge in [-0.3, -0.25) is 4.79 Å². The molecular formula is C14H21N3O. The van der Waals surface area contributed by atoms with Gasteiger partial charge in [0.15, 0.2) is 0 Å². The van der Waals surface area contributed by atoms with E-state index < -0.39 is 0 Å². The van der Waals surface area contributed by atoms with E-state index in [1.165, 1.54) is 19.0 Å². The molecule has 18 heavy (non-hydrogen) atoms. The molecule has 0 aromatic carbocycles. The predicted octanol–water partition coefficient (Wildman–Crippen LogP) is 2.31. The number of pyridine rings is 1. The quantitative estimate of drug-likeness (QED) is 0.872. The summed E-state index contributed by atoms with van der Waals surface area (Å²) in [7, 11) is 1.88. The molecule has 1 fully saturated rings. The lowest BCUT2D eigenvalue weighted by Gasteiger charge is -2.33. The molecule has 0 saturated heterocycles. The minimum atomic E-state index is -0.00504. The number of aromatic nitrogens is 1. The van der Waals surface area contributed by atoms with E-state index in [4.69, 9.17) is 5.73 Å². The lowest BCUT2D eigenvalue weighted by atomic mass is 9.86. The van der Waals surface area contributed by atoms with Crippen molar-refractivity contribution in [3.05, 3.63) is 24.0 Å². The van der Waals surface area contributed by atoms with Crippen molar-refractivity contribution in [1.82, 2.24) is 9.88 Å². The molecule has 1 aromatic heterocycles. The third-order valence-corrected chi connectivity index (χ3v) is 3.86. The number of hydrogen-bond donors (Lipinski definition) is 1. The smallest absolute Gasteiger partial charge is 0.272 e. The molecule has 1 heterocycles. The number of nitrogens with two attached hydrogens (primary N) is 1. The largest absolute Gasteiger partial charge is 0.397 e. The van der Waals surface area contributed by atoms with Crippen LogP contribution in [-0.4, -0.2) is 28.9 Å². The van der Waals surface area contributed by atoms with E-state index in [1.54, 1.807) is 12.1 Å². The molecule has 1 aliphatic rings. The van der Waals surface area contributed by atoms with Crippen LogP contribution < -0.4 is 5.73 Å². The van der Waals surface area contributed by atoms with Gasteiger partial charge in [-0.15, -0.1) is 0 Å². The number of hydrogen-bond acceptors (Lipinski definition) is 3. The van der Waals surface area contributed by atoms with Crippen molar-refractivity contribution in [1.29, 1.82) is 0 Å². The Kier molecular flexibility index (Phi) is 3.84. The first-order chi connectivity index (χ1) is 8.58. The average Bonchev–Trinajstić information content (AvgIpc) is 2.39. The van der Waals surface area contributed by atoms with Gasteiger partial charge in [-0.25, -0.2) is 4.98 Å². The van der Waals surface area contributed by atoms with Crippen molar-refractivity contribution in [2.45, 2.75) is 38.6 Å². The minimum Gasteiger partial charge on any atom is -0.397 e. The maximum Gasteiger partial charge on any atom is 0.272 e. The van der Waals surface area contributed by atoms with Crippen molar-refractivity contribution < 1.29 is 4.79 Å². The van der Waals surface area contributed by atoms with Crippen LogP contribution in [0.2, 0.25) is 0 Å². The van der Waals surface area contributed by atoms with Gasteiger partial charge >= 0.3 is 0 Å². The van der Waals surface area contributed by atoms with Crippen LogP contribution in [0.1, 0.15) is 43.1 Å². The molecule has 1 saturated carbocycles. The number of nitrogen functional groups attached to an aromatic ring is 1. The van der Waals surface area contributed by atoms with Gasteiger partial charge in [-0.05, 0) is 43.7 Å². The Hall–Kier alpha value is -1.58.